The maximum atomic E-state index is 9.41. The number of hydrogen-bond acceptors (Lipinski definition) is 4. The average molecular weight is 228 g/mol. The van der Waals surface area contributed by atoms with E-state index in [1.807, 2.05) is 0 Å². The van der Waals surface area contributed by atoms with Crippen molar-refractivity contribution in [3.8, 4) is 0 Å². The van der Waals surface area contributed by atoms with Crippen LogP contribution in [0.1, 0.15) is 44.6 Å². The number of aromatic nitrogens is 1. The Labute approximate surface area is 95.8 Å². The number of aliphatic hydroxyl groups is 1. The fourth-order valence-corrected chi connectivity index (χ4v) is 2.35. The van der Waals surface area contributed by atoms with Crippen molar-refractivity contribution >= 4 is 16.5 Å². The largest absolute Gasteiger partial charge is 0.388 e. The van der Waals surface area contributed by atoms with Crippen molar-refractivity contribution in [1.82, 2.24) is 4.98 Å². The lowest BCUT2D eigenvalue weighted by molar-refractivity contribution is 0.203. The Bertz CT molecular complexity index is 299. The van der Waals surface area contributed by atoms with Gasteiger partial charge in [-0.2, -0.15) is 0 Å². The zero-order valence-corrected chi connectivity index (χ0v) is 10.7. The standard InChI is InChI=1S/C11H20N2OS/c1-5-6-8(2)13(4)11-12-7-10(15-11)9(3)14/h7-9,14H,5-6H2,1-4H3. The predicted octanol–water partition coefficient (Wildman–Crippen LogP) is 2.82. The van der Waals surface area contributed by atoms with E-state index in [9.17, 15) is 5.11 Å². The summed E-state index contributed by atoms with van der Waals surface area (Å²) in [4.78, 5) is 7.44. The Balaban J connectivity index is 2.69. The summed E-state index contributed by atoms with van der Waals surface area (Å²) >= 11 is 1.57. The van der Waals surface area contributed by atoms with E-state index >= 15 is 0 Å². The molecule has 4 heteroatoms. The van der Waals surface area contributed by atoms with Crippen LogP contribution in [0, 0.1) is 0 Å². The second-order valence-electron chi connectivity index (χ2n) is 3.97. The van der Waals surface area contributed by atoms with E-state index in [-0.39, 0.29) is 0 Å². The van der Waals surface area contributed by atoms with Gasteiger partial charge in [0.25, 0.3) is 0 Å². The van der Waals surface area contributed by atoms with Gasteiger partial charge in [-0.25, -0.2) is 4.98 Å². The molecule has 1 heterocycles. The quantitative estimate of drug-likeness (QED) is 0.842. The van der Waals surface area contributed by atoms with Crippen LogP contribution in [0.3, 0.4) is 0 Å². The number of hydrogen-bond donors (Lipinski definition) is 1. The van der Waals surface area contributed by atoms with Crippen molar-refractivity contribution in [1.29, 1.82) is 0 Å². The van der Waals surface area contributed by atoms with Gasteiger partial charge >= 0.3 is 0 Å². The van der Waals surface area contributed by atoms with Gasteiger partial charge in [-0.3, -0.25) is 0 Å². The van der Waals surface area contributed by atoms with Gasteiger partial charge in [0, 0.05) is 19.3 Å². The molecule has 15 heavy (non-hydrogen) atoms. The first-order valence-electron chi connectivity index (χ1n) is 5.42. The highest BCUT2D eigenvalue weighted by Gasteiger charge is 2.14. The molecule has 0 aromatic carbocycles. The summed E-state index contributed by atoms with van der Waals surface area (Å²) in [5.74, 6) is 0. The number of rotatable bonds is 5. The normalized spacial score (nSPS) is 15.0. The lowest BCUT2D eigenvalue weighted by Crippen LogP contribution is -2.28. The van der Waals surface area contributed by atoms with Crippen LogP contribution >= 0.6 is 11.3 Å². The third-order valence-electron chi connectivity index (χ3n) is 2.59. The van der Waals surface area contributed by atoms with Gasteiger partial charge in [0.2, 0.25) is 0 Å². The predicted molar refractivity (Wildman–Crippen MR) is 65.5 cm³/mol. The van der Waals surface area contributed by atoms with Crippen LogP contribution in [0.2, 0.25) is 0 Å². The van der Waals surface area contributed by atoms with Crippen molar-refractivity contribution in [2.75, 3.05) is 11.9 Å². The second-order valence-corrected chi connectivity index (χ2v) is 5.01. The number of thiazole rings is 1. The van der Waals surface area contributed by atoms with Gasteiger partial charge < -0.3 is 10.0 Å². The smallest absolute Gasteiger partial charge is 0.185 e. The Hall–Kier alpha value is -0.610. The van der Waals surface area contributed by atoms with Crippen LogP contribution in [-0.2, 0) is 0 Å². The Morgan fingerprint density at radius 1 is 1.53 bits per heavy atom. The van der Waals surface area contributed by atoms with Crippen molar-refractivity contribution in [3.63, 3.8) is 0 Å². The van der Waals surface area contributed by atoms with Gasteiger partial charge in [-0.15, -0.1) is 0 Å². The molecule has 2 unspecified atom stereocenters. The minimum absolute atomic E-state index is 0.411. The highest BCUT2D eigenvalue weighted by molar-refractivity contribution is 7.15. The van der Waals surface area contributed by atoms with Crippen LogP contribution in [0.5, 0.6) is 0 Å². The van der Waals surface area contributed by atoms with Crippen molar-refractivity contribution in [2.45, 2.75) is 45.8 Å². The summed E-state index contributed by atoms with van der Waals surface area (Å²) in [6.07, 6.45) is 3.70. The van der Waals surface area contributed by atoms with Crippen molar-refractivity contribution in [2.24, 2.45) is 0 Å². The first kappa shape index (κ1) is 12.5. The van der Waals surface area contributed by atoms with E-state index in [0.29, 0.717) is 6.04 Å². The molecule has 1 N–H and O–H groups in total. The van der Waals surface area contributed by atoms with Crippen LogP contribution < -0.4 is 4.90 Å². The summed E-state index contributed by atoms with van der Waals surface area (Å²) < 4.78 is 0. The van der Waals surface area contributed by atoms with Gasteiger partial charge in [0.15, 0.2) is 5.13 Å². The average Bonchev–Trinajstić information content (AvgIpc) is 2.65. The van der Waals surface area contributed by atoms with Crippen LogP contribution in [0.4, 0.5) is 5.13 Å². The fraction of sp³-hybridized carbons (Fsp3) is 0.727. The zero-order valence-electron chi connectivity index (χ0n) is 9.90. The molecular formula is C11H20N2OS. The molecule has 1 rings (SSSR count). The molecule has 3 nitrogen and oxygen atoms in total. The van der Waals surface area contributed by atoms with Crippen LogP contribution in [0.25, 0.3) is 0 Å². The summed E-state index contributed by atoms with van der Waals surface area (Å²) in [7, 11) is 2.06. The molecule has 0 spiro atoms. The van der Waals surface area contributed by atoms with Gasteiger partial charge in [0.1, 0.15) is 0 Å². The topological polar surface area (TPSA) is 36.4 Å². The van der Waals surface area contributed by atoms with E-state index in [0.717, 1.165) is 10.0 Å². The lowest BCUT2D eigenvalue weighted by atomic mass is 10.2. The summed E-state index contributed by atoms with van der Waals surface area (Å²) in [5.41, 5.74) is 0. The van der Waals surface area contributed by atoms with E-state index in [2.05, 4.69) is 30.8 Å². The van der Waals surface area contributed by atoms with Crippen LogP contribution in [0.15, 0.2) is 6.20 Å². The molecule has 0 aliphatic heterocycles. The second kappa shape index (κ2) is 5.47. The van der Waals surface area contributed by atoms with Gasteiger partial charge in [0.05, 0.1) is 11.0 Å². The molecule has 86 valence electrons. The number of aliphatic hydroxyl groups excluding tert-OH is 1. The van der Waals surface area contributed by atoms with Gasteiger partial charge in [-0.05, 0) is 20.3 Å². The molecular weight excluding hydrogens is 208 g/mol. The molecule has 1 aromatic heterocycles. The Morgan fingerprint density at radius 3 is 2.67 bits per heavy atom. The minimum atomic E-state index is -0.411. The highest BCUT2D eigenvalue weighted by atomic mass is 32.1. The number of anilines is 1. The van der Waals surface area contributed by atoms with E-state index < -0.39 is 6.10 Å². The third kappa shape index (κ3) is 3.18. The maximum absolute atomic E-state index is 9.41. The van der Waals surface area contributed by atoms with Gasteiger partial charge in [-0.1, -0.05) is 24.7 Å². The Morgan fingerprint density at radius 2 is 2.20 bits per heavy atom. The lowest BCUT2D eigenvalue weighted by Gasteiger charge is -2.23. The summed E-state index contributed by atoms with van der Waals surface area (Å²) in [6.45, 7) is 6.16. The molecule has 0 saturated heterocycles. The molecule has 0 fully saturated rings. The molecule has 0 saturated carbocycles. The molecule has 0 aliphatic carbocycles. The Kier molecular flexibility index (Phi) is 4.54. The van der Waals surface area contributed by atoms with Crippen molar-refractivity contribution < 1.29 is 5.11 Å². The monoisotopic (exact) mass is 228 g/mol. The van der Waals surface area contributed by atoms with Crippen LogP contribution in [-0.4, -0.2) is 23.2 Å². The van der Waals surface area contributed by atoms with E-state index in [4.69, 9.17) is 0 Å². The highest BCUT2D eigenvalue weighted by Crippen LogP contribution is 2.27. The number of nitrogens with zero attached hydrogens (tertiary/aromatic N) is 2. The first-order chi connectivity index (χ1) is 7.06. The fourth-order valence-electron chi connectivity index (χ4n) is 1.43. The maximum Gasteiger partial charge on any atom is 0.185 e. The van der Waals surface area contributed by atoms with E-state index in [1.165, 1.54) is 12.8 Å². The third-order valence-corrected chi connectivity index (χ3v) is 3.85. The molecule has 2 atom stereocenters. The molecule has 0 aliphatic rings. The molecule has 0 bridgehead atoms. The summed E-state index contributed by atoms with van der Waals surface area (Å²) in [6, 6.07) is 0.503. The SMILES string of the molecule is CCCC(C)N(C)c1ncc(C(C)O)s1. The molecule has 1 aromatic rings. The molecule has 0 radical (unpaired) electrons. The summed E-state index contributed by atoms with van der Waals surface area (Å²) in [5, 5.41) is 10.4. The molecule has 0 amide bonds. The first-order valence-corrected chi connectivity index (χ1v) is 6.24. The minimum Gasteiger partial charge on any atom is -0.388 e. The van der Waals surface area contributed by atoms with E-state index in [1.54, 1.807) is 24.5 Å². The van der Waals surface area contributed by atoms with Crippen molar-refractivity contribution in [3.05, 3.63) is 11.1 Å². The zero-order chi connectivity index (χ0) is 11.4.